The smallest absolute Gasteiger partial charge is 0.159 e. The van der Waals surface area contributed by atoms with Crippen LogP contribution >= 0.6 is 0 Å². The SMILES string of the molecule is CC(C)=CC(=O)C1C2CCCC21. The number of hydrogen-bond donors (Lipinski definition) is 0. The Kier molecular flexibility index (Phi) is 1.82. The Hall–Kier alpha value is -0.590. The van der Waals surface area contributed by atoms with Gasteiger partial charge in [-0.2, -0.15) is 0 Å². The van der Waals surface area contributed by atoms with E-state index in [2.05, 4.69) is 0 Å². The van der Waals surface area contributed by atoms with Crippen LogP contribution < -0.4 is 0 Å². The zero-order valence-corrected chi connectivity index (χ0v) is 7.84. The summed E-state index contributed by atoms with van der Waals surface area (Å²) in [5.41, 5.74) is 1.14. The maximum atomic E-state index is 11.6. The van der Waals surface area contributed by atoms with Gasteiger partial charge in [-0.25, -0.2) is 0 Å². The lowest BCUT2D eigenvalue weighted by Gasteiger charge is -1.97. The highest BCUT2D eigenvalue weighted by molar-refractivity contribution is 5.94. The Labute approximate surface area is 73.8 Å². The molecule has 0 aliphatic heterocycles. The molecule has 0 aromatic rings. The second kappa shape index (κ2) is 2.72. The summed E-state index contributed by atoms with van der Waals surface area (Å²) in [7, 11) is 0. The molecule has 12 heavy (non-hydrogen) atoms. The van der Waals surface area contributed by atoms with Crippen molar-refractivity contribution in [3.8, 4) is 0 Å². The van der Waals surface area contributed by atoms with Gasteiger partial charge in [-0.15, -0.1) is 0 Å². The minimum atomic E-state index is 0.393. The third-order valence-electron chi connectivity index (χ3n) is 3.17. The minimum Gasteiger partial charge on any atom is -0.295 e. The molecule has 2 aliphatic carbocycles. The molecular formula is C11H16O. The minimum absolute atomic E-state index is 0.393. The van der Waals surface area contributed by atoms with Gasteiger partial charge in [-0.05, 0) is 44.6 Å². The topological polar surface area (TPSA) is 17.1 Å². The molecule has 0 spiro atoms. The second-order valence-electron chi connectivity index (χ2n) is 4.41. The quantitative estimate of drug-likeness (QED) is 0.573. The summed E-state index contributed by atoms with van der Waals surface area (Å²) in [4.78, 5) is 11.6. The first-order chi connectivity index (χ1) is 5.70. The van der Waals surface area contributed by atoms with Gasteiger partial charge in [0.25, 0.3) is 0 Å². The maximum absolute atomic E-state index is 11.6. The largest absolute Gasteiger partial charge is 0.295 e. The maximum Gasteiger partial charge on any atom is 0.159 e. The Morgan fingerprint density at radius 3 is 2.33 bits per heavy atom. The van der Waals surface area contributed by atoms with E-state index in [-0.39, 0.29) is 0 Å². The second-order valence-corrected chi connectivity index (χ2v) is 4.41. The highest BCUT2D eigenvalue weighted by atomic mass is 16.1. The van der Waals surface area contributed by atoms with Crippen LogP contribution in [0, 0.1) is 17.8 Å². The number of carbonyl (C=O) groups excluding carboxylic acids is 1. The lowest BCUT2D eigenvalue weighted by atomic mass is 10.1. The fraction of sp³-hybridized carbons (Fsp3) is 0.727. The monoisotopic (exact) mass is 164 g/mol. The highest BCUT2D eigenvalue weighted by Gasteiger charge is 2.55. The van der Waals surface area contributed by atoms with E-state index in [1.165, 1.54) is 19.3 Å². The summed E-state index contributed by atoms with van der Waals surface area (Å²) in [6, 6.07) is 0. The van der Waals surface area contributed by atoms with Crippen molar-refractivity contribution in [1.29, 1.82) is 0 Å². The van der Waals surface area contributed by atoms with Gasteiger partial charge in [0.05, 0.1) is 0 Å². The molecule has 1 heteroatoms. The van der Waals surface area contributed by atoms with Crippen LogP contribution in [0.1, 0.15) is 33.1 Å². The van der Waals surface area contributed by atoms with Gasteiger partial charge in [-0.3, -0.25) is 4.79 Å². The standard InChI is InChI=1S/C11H16O/c1-7(2)6-10(12)11-8-4-3-5-9(8)11/h6,8-9,11H,3-5H2,1-2H3. The summed E-state index contributed by atoms with van der Waals surface area (Å²) >= 11 is 0. The van der Waals surface area contributed by atoms with E-state index in [1.54, 1.807) is 0 Å². The molecule has 2 unspecified atom stereocenters. The van der Waals surface area contributed by atoms with Crippen LogP contribution in [0.15, 0.2) is 11.6 Å². The van der Waals surface area contributed by atoms with Crippen LogP contribution in [0.3, 0.4) is 0 Å². The van der Waals surface area contributed by atoms with Crippen molar-refractivity contribution in [3.05, 3.63) is 11.6 Å². The Morgan fingerprint density at radius 2 is 1.83 bits per heavy atom. The van der Waals surface area contributed by atoms with Gasteiger partial charge >= 0.3 is 0 Å². The van der Waals surface area contributed by atoms with E-state index in [1.807, 2.05) is 19.9 Å². The summed E-state index contributed by atoms with van der Waals surface area (Å²) in [5.74, 6) is 2.36. The van der Waals surface area contributed by atoms with Crippen LogP contribution in [-0.2, 0) is 4.79 Å². The Bertz CT molecular complexity index is 225. The molecule has 0 aromatic carbocycles. The van der Waals surface area contributed by atoms with Gasteiger partial charge in [-0.1, -0.05) is 12.0 Å². The predicted molar refractivity (Wildman–Crippen MR) is 48.8 cm³/mol. The average molecular weight is 164 g/mol. The van der Waals surface area contributed by atoms with Crippen LogP contribution in [0.25, 0.3) is 0 Å². The average Bonchev–Trinajstić information content (AvgIpc) is 2.45. The van der Waals surface area contributed by atoms with E-state index < -0.39 is 0 Å². The zero-order chi connectivity index (χ0) is 8.72. The third kappa shape index (κ3) is 1.21. The highest BCUT2D eigenvalue weighted by Crippen LogP contribution is 2.57. The molecule has 0 heterocycles. The number of hydrogen-bond acceptors (Lipinski definition) is 1. The summed E-state index contributed by atoms with van der Waals surface area (Å²) in [5, 5.41) is 0. The molecule has 0 bridgehead atoms. The van der Waals surface area contributed by atoms with Gasteiger partial charge in [0.1, 0.15) is 0 Å². The van der Waals surface area contributed by atoms with Crippen LogP contribution in [0.2, 0.25) is 0 Å². The van der Waals surface area contributed by atoms with Crippen molar-refractivity contribution in [2.75, 3.05) is 0 Å². The first-order valence-electron chi connectivity index (χ1n) is 4.89. The predicted octanol–water partition coefficient (Wildman–Crippen LogP) is 2.57. The summed E-state index contributed by atoms with van der Waals surface area (Å²) < 4.78 is 0. The molecule has 2 rings (SSSR count). The van der Waals surface area contributed by atoms with E-state index in [0.29, 0.717) is 11.7 Å². The lowest BCUT2D eigenvalue weighted by Crippen LogP contribution is -2.01. The Morgan fingerprint density at radius 1 is 1.25 bits per heavy atom. The molecule has 0 aromatic heterocycles. The summed E-state index contributed by atoms with van der Waals surface area (Å²) in [6.07, 6.45) is 5.78. The van der Waals surface area contributed by atoms with E-state index in [0.717, 1.165) is 17.4 Å². The number of carbonyl (C=O) groups is 1. The number of ketones is 1. The van der Waals surface area contributed by atoms with Crippen molar-refractivity contribution in [3.63, 3.8) is 0 Å². The molecule has 0 N–H and O–H groups in total. The molecule has 2 aliphatic rings. The van der Waals surface area contributed by atoms with Gasteiger partial charge in [0.2, 0.25) is 0 Å². The van der Waals surface area contributed by atoms with E-state index in [9.17, 15) is 4.79 Å². The molecule has 2 fully saturated rings. The molecule has 2 atom stereocenters. The number of allylic oxidation sites excluding steroid dienone is 2. The number of rotatable bonds is 2. The van der Waals surface area contributed by atoms with Gasteiger partial charge in [0.15, 0.2) is 5.78 Å². The molecule has 66 valence electrons. The van der Waals surface area contributed by atoms with Gasteiger partial charge in [0, 0.05) is 5.92 Å². The normalized spacial score (nSPS) is 37.3. The summed E-state index contributed by atoms with van der Waals surface area (Å²) in [6.45, 7) is 3.99. The van der Waals surface area contributed by atoms with Crippen LogP contribution in [-0.4, -0.2) is 5.78 Å². The van der Waals surface area contributed by atoms with Crippen molar-refractivity contribution in [1.82, 2.24) is 0 Å². The first-order valence-corrected chi connectivity index (χ1v) is 4.89. The fourth-order valence-corrected chi connectivity index (χ4v) is 2.62. The molecule has 2 saturated carbocycles. The van der Waals surface area contributed by atoms with Crippen molar-refractivity contribution < 1.29 is 4.79 Å². The van der Waals surface area contributed by atoms with Crippen molar-refractivity contribution in [2.24, 2.45) is 17.8 Å². The van der Waals surface area contributed by atoms with Gasteiger partial charge < -0.3 is 0 Å². The molecule has 1 nitrogen and oxygen atoms in total. The number of fused-ring (bicyclic) bond motifs is 1. The van der Waals surface area contributed by atoms with E-state index in [4.69, 9.17) is 0 Å². The fourth-order valence-electron chi connectivity index (χ4n) is 2.62. The Balaban J connectivity index is 1.96. The van der Waals surface area contributed by atoms with Crippen LogP contribution in [0.5, 0.6) is 0 Å². The van der Waals surface area contributed by atoms with Crippen molar-refractivity contribution in [2.45, 2.75) is 33.1 Å². The third-order valence-corrected chi connectivity index (χ3v) is 3.17. The lowest BCUT2D eigenvalue weighted by molar-refractivity contribution is -0.116. The molecule has 0 radical (unpaired) electrons. The van der Waals surface area contributed by atoms with E-state index >= 15 is 0 Å². The molecule has 0 amide bonds. The zero-order valence-electron chi connectivity index (χ0n) is 7.84. The molecular weight excluding hydrogens is 148 g/mol. The van der Waals surface area contributed by atoms with Crippen LogP contribution in [0.4, 0.5) is 0 Å². The van der Waals surface area contributed by atoms with Crippen molar-refractivity contribution >= 4 is 5.78 Å². The molecule has 0 saturated heterocycles. The first kappa shape index (κ1) is 8.03.